The van der Waals surface area contributed by atoms with Crippen molar-refractivity contribution in [1.29, 1.82) is 5.26 Å². The van der Waals surface area contributed by atoms with Crippen molar-refractivity contribution < 1.29 is 34.1 Å². The minimum Gasteiger partial charge on any atom is -1.00 e. The van der Waals surface area contributed by atoms with Crippen LogP contribution in [0.5, 0.6) is 0 Å². The minimum absolute atomic E-state index is 0. The van der Waals surface area contributed by atoms with Gasteiger partial charge < -0.3 is 27.4 Å². The van der Waals surface area contributed by atoms with Gasteiger partial charge in [-0.05, 0) is 0 Å². The molecule has 7 heavy (non-hydrogen) atoms. The Hall–Kier alpha value is -0.131. The molecule has 1 radical (unpaired) electrons. The molecule has 0 heterocycles. The van der Waals surface area contributed by atoms with Crippen LogP contribution in [0.1, 0.15) is 0 Å². The van der Waals surface area contributed by atoms with Crippen LogP contribution in [-0.2, 0) is 17.1 Å². The third kappa shape index (κ3) is 25.1. The minimum atomic E-state index is 0. The van der Waals surface area contributed by atoms with Crippen LogP contribution in [0, 0.1) is 11.5 Å². The van der Waals surface area contributed by atoms with Crippen molar-refractivity contribution in [3.63, 3.8) is 0 Å². The van der Waals surface area contributed by atoms with E-state index in [9.17, 15) is 0 Å². The van der Waals surface area contributed by atoms with E-state index in [1.165, 1.54) is 12.2 Å². The van der Waals surface area contributed by atoms with Gasteiger partial charge in [-0.15, -0.1) is 6.01 Å². The Kier molecular flexibility index (Phi) is 38.2. The van der Waals surface area contributed by atoms with Crippen molar-refractivity contribution in [2.75, 3.05) is 0 Å². The van der Waals surface area contributed by atoms with Crippen molar-refractivity contribution in [2.24, 2.45) is 4.99 Å². The summed E-state index contributed by atoms with van der Waals surface area (Å²) in [6.07, 6.45) is 1.28. The van der Waals surface area contributed by atoms with Crippen molar-refractivity contribution >= 4 is 6.01 Å². The monoisotopic (exact) mass is 208 g/mol. The number of halogens is 1. The van der Waals surface area contributed by atoms with Gasteiger partial charge in [0.25, 0.3) is 0 Å². The van der Waals surface area contributed by atoms with Crippen molar-refractivity contribution in [3.05, 3.63) is 5.41 Å². The van der Waals surface area contributed by atoms with Gasteiger partial charge in [0, 0.05) is 0 Å². The predicted octanol–water partition coefficient (Wildman–Crippen LogP) is -2.79. The molecule has 0 saturated carbocycles. The summed E-state index contributed by atoms with van der Waals surface area (Å²) in [7, 11) is 0. The standard InChI is InChI=1S/C2N3.BrH.Cu/c3-1-5-2-4;;/h;1H;/q-1;;+2/p-1. The third-order valence-corrected chi connectivity index (χ3v) is 0.100. The Morgan fingerprint density at radius 3 is 2.00 bits per heavy atom. The van der Waals surface area contributed by atoms with Gasteiger partial charge in [0.15, 0.2) is 0 Å². The number of hydrogen-bond donors (Lipinski definition) is 0. The topological polar surface area (TPSA) is 58.5 Å². The molecule has 0 fully saturated rings. The second-order valence-electron chi connectivity index (χ2n) is 0.312. The maximum absolute atomic E-state index is 7.43. The largest absolute Gasteiger partial charge is 2.00 e. The van der Waals surface area contributed by atoms with Crippen LogP contribution in [0.4, 0.5) is 0 Å². The van der Waals surface area contributed by atoms with E-state index in [1.807, 2.05) is 0 Å². The second kappa shape index (κ2) is 16.9. The number of rotatable bonds is 0. The van der Waals surface area contributed by atoms with Gasteiger partial charge in [0.1, 0.15) is 0 Å². The van der Waals surface area contributed by atoms with Crippen molar-refractivity contribution in [2.45, 2.75) is 0 Å². The van der Waals surface area contributed by atoms with E-state index in [-0.39, 0.29) is 34.1 Å². The molecular formula is C2BrCuN3. The van der Waals surface area contributed by atoms with Crippen LogP contribution in [0.15, 0.2) is 4.99 Å². The first-order valence-corrected chi connectivity index (χ1v) is 0.894. The molecule has 0 aliphatic rings. The Morgan fingerprint density at radius 2 is 2.00 bits per heavy atom. The van der Waals surface area contributed by atoms with E-state index in [0.29, 0.717) is 0 Å². The summed E-state index contributed by atoms with van der Waals surface area (Å²) in [6, 6.07) is 1.28. The van der Waals surface area contributed by atoms with Gasteiger partial charge in [-0.25, -0.2) is 0 Å². The van der Waals surface area contributed by atoms with Crippen LogP contribution >= 0.6 is 0 Å². The molecule has 0 N–H and O–H groups in total. The molecule has 0 spiro atoms. The van der Waals surface area contributed by atoms with Gasteiger partial charge in [0.05, 0.1) is 6.19 Å². The predicted molar refractivity (Wildman–Crippen MR) is 16.4 cm³/mol. The van der Waals surface area contributed by atoms with Crippen LogP contribution in [-0.4, -0.2) is 6.01 Å². The fourth-order valence-corrected chi connectivity index (χ4v) is 0.0224. The van der Waals surface area contributed by atoms with Crippen LogP contribution in [0.2, 0.25) is 0 Å². The smallest absolute Gasteiger partial charge is 1.00 e. The number of nitrogens with zero attached hydrogens (tertiary/aromatic N) is 3. The summed E-state index contributed by atoms with van der Waals surface area (Å²) >= 11 is 0. The summed E-state index contributed by atoms with van der Waals surface area (Å²) < 4.78 is 0. The van der Waals surface area contributed by atoms with Crippen LogP contribution < -0.4 is 17.0 Å². The Labute approximate surface area is 62.2 Å². The molecule has 41 valence electrons. The summed E-state index contributed by atoms with van der Waals surface area (Å²) in [6.45, 7) is 0. The van der Waals surface area contributed by atoms with Crippen molar-refractivity contribution in [3.8, 4) is 6.19 Å². The first kappa shape index (κ1) is 15.8. The zero-order valence-corrected chi connectivity index (χ0v) is 5.55. The molecule has 5 heteroatoms. The number of aliphatic imine (C=N–C) groups is 1. The average molecular weight is 209 g/mol. The van der Waals surface area contributed by atoms with Crippen LogP contribution in [0.25, 0.3) is 5.41 Å². The second-order valence-corrected chi connectivity index (χ2v) is 0.312. The van der Waals surface area contributed by atoms with E-state index in [2.05, 4.69) is 4.99 Å². The molecule has 0 atom stereocenters. The molecule has 0 aliphatic carbocycles. The quantitative estimate of drug-likeness (QED) is 0.242. The van der Waals surface area contributed by atoms with Gasteiger partial charge in [0.2, 0.25) is 0 Å². The van der Waals surface area contributed by atoms with E-state index in [1.54, 1.807) is 0 Å². The van der Waals surface area contributed by atoms with E-state index < -0.39 is 0 Å². The molecule has 0 aromatic rings. The zero-order chi connectivity index (χ0) is 4.12. The molecule has 0 rings (SSSR count). The summed E-state index contributed by atoms with van der Waals surface area (Å²) in [5.74, 6) is 0. The SMILES string of the molecule is N#CN=C=[N-].[Br-].[Cu+2]. The Bertz CT molecular complexity index is 100.0. The molecule has 0 aromatic heterocycles. The zero-order valence-electron chi connectivity index (χ0n) is 3.02. The molecule has 0 saturated heterocycles. The van der Waals surface area contributed by atoms with Gasteiger partial charge in [-0.3, -0.25) is 0 Å². The van der Waals surface area contributed by atoms with E-state index >= 15 is 0 Å². The maximum Gasteiger partial charge on any atom is 2.00 e. The Morgan fingerprint density at radius 1 is 1.57 bits per heavy atom. The van der Waals surface area contributed by atoms with Gasteiger partial charge >= 0.3 is 17.1 Å². The molecule has 3 nitrogen and oxygen atoms in total. The molecular weight excluding hydrogens is 209 g/mol. The van der Waals surface area contributed by atoms with E-state index in [0.717, 1.165) is 0 Å². The van der Waals surface area contributed by atoms with Crippen molar-refractivity contribution in [1.82, 2.24) is 0 Å². The fraction of sp³-hybridized carbons (Fsp3) is 0. The Balaban J connectivity index is -0.0000000800. The van der Waals surface area contributed by atoms with Crippen LogP contribution in [0.3, 0.4) is 0 Å². The summed E-state index contributed by atoms with van der Waals surface area (Å²) in [5, 5.41) is 14.9. The average Bonchev–Trinajstić information content (AvgIpc) is 1.41. The molecule has 0 amide bonds. The maximum atomic E-state index is 7.43. The summed E-state index contributed by atoms with van der Waals surface area (Å²) in [5.41, 5.74) is 0. The van der Waals surface area contributed by atoms with E-state index in [4.69, 9.17) is 10.7 Å². The van der Waals surface area contributed by atoms with Gasteiger partial charge in [-0.2, -0.15) is 5.26 Å². The summed E-state index contributed by atoms with van der Waals surface area (Å²) in [4.78, 5) is 2.58. The molecule has 0 aliphatic heterocycles. The molecule has 0 unspecified atom stereocenters. The fourth-order valence-electron chi connectivity index (χ4n) is 0.0224. The van der Waals surface area contributed by atoms with Gasteiger partial charge in [-0.1, -0.05) is 0 Å². The first-order valence-electron chi connectivity index (χ1n) is 0.894. The normalized spacial score (nSPS) is 2.71. The third-order valence-electron chi connectivity index (χ3n) is 0.100. The first-order chi connectivity index (χ1) is 2.41. The molecule has 0 aromatic carbocycles. The number of nitriles is 1. The number of hydrogen-bond acceptors (Lipinski definition) is 2. The molecule has 0 bridgehead atoms.